The number of hydrogen-bond acceptors (Lipinski definition) is 6. The molecule has 0 aromatic heterocycles. The average Bonchev–Trinajstić information content (AvgIpc) is 3.30. The number of hydrogen-bond donors (Lipinski definition) is 0. The number of imide groups is 1. The first-order valence-corrected chi connectivity index (χ1v) is 14.0. The van der Waals surface area contributed by atoms with E-state index in [4.69, 9.17) is 0 Å². The van der Waals surface area contributed by atoms with Gasteiger partial charge in [-0.2, -0.15) is 5.01 Å². The van der Waals surface area contributed by atoms with E-state index in [1.54, 1.807) is 30.3 Å². The van der Waals surface area contributed by atoms with Crippen LogP contribution in [0.4, 0.5) is 5.69 Å². The standard InChI is InChI=1S/C34H25N3O6/c1-19(31(38)20-9-3-2-4-10-20)35(32(39)21-15-17-22(18-16-21)37(42)43)36-33(40)29-27-23-11-5-6-12-24(23)28(30(29)34(36)41)26-14-8-7-13-25(26)27/h2-19,27-30H,1H3/t19-,27?,28?,29-,30+/m1/s1. The third kappa shape index (κ3) is 3.85. The summed E-state index contributed by atoms with van der Waals surface area (Å²) in [5.41, 5.74) is 4.03. The van der Waals surface area contributed by atoms with E-state index in [9.17, 15) is 29.3 Å². The van der Waals surface area contributed by atoms with Crippen molar-refractivity contribution in [1.29, 1.82) is 0 Å². The summed E-state index contributed by atoms with van der Waals surface area (Å²) in [6.07, 6.45) is 0. The molecule has 9 heteroatoms. The number of carbonyl (C=O) groups is 4. The second-order valence-corrected chi connectivity index (χ2v) is 11.1. The van der Waals surface area contributed by atoms with Gasteiger partial charge in [0.15, 0.2) is 5.78 Å². The number of nitro groups is 1. The molecule has 4 aromatic carbocycles. The van der Waals surface area contributed by atoms with Crippen LogP contribution < -0.4 is 0 Å². The van der Waals surface area contributed by atoms with Crippen molar-refractivity contribution in [3.05, 3.63) is 147 Å². The van der Waals surface area contributed by atoms with E-state index in [0.29, 0.717) is 5.56 Å². The van der Waals surface area contributed by atoms with Gasteiger partial charge in [0.05, 0.1) is 16.8 Å². The molecule has 8 rings (SSSR count). The summed E-state index contributed by atoms with van der Waals surface area (Å²) in [4.78, 5) is 67.4. The Hall–Kier alpha value is -5.44. The molecule has 1 aliphatic heterocycles. The lowest BCUT2D eigenvalue weighted by atomic mass is 9.55. The highest BCUT2D eigenvalue weighted by Crippen LogP contribution is 2.61. The van der Waals surface area contributed by atoms with Gasteiger partial charge in [-0.25, -0.2) is 5.01 Å². The Bertz CT molecular complexity index is 1720. The maximum absolute atomic E-state index is 14.5. The van der Waals surface area contributed by atoms with Gasteiger partial charge < -0.3 is 0 Å². The third-order valence-electron chi connectivity index (χ3n) is 8.98. The first kappa shape index (κ1) is 26.5. The first-order valence-electron chi connectivity index (χ1n) is 14.0. The maximum Gasteiger partial charge on any atom is 0.273 e. The number of carbonyl (C=O) groups excluding carboxylic acids is 4. The topological polar surface area (TPSA) is 118 Å². The van der Waals surface area contributed by atoms with Crippen LogP contribution >= 0.6 is 0 Å². The van der Waals surface area contributed by atoms with Gasteiger partial charge in [-0.1, -0.05) is 78.9 Å². The number of rotatable bonds is 6. The number of non-ortho nitro benzene ring substituents is 1. The number of ketones is 1. The zero-order valence-electron chi connectivity index (χ0n) is 23.0. The van der Waals surface area contributed by atoms with Crippen LogP contribution in [0.1, 0.15) is 61.7 Å². The molecule has 1 heterocycles. The minimum Gasteiger partial charge on any atom is -0.292 e. The van der Waals surface area contributed by atoms with Gasteiger partial charge in [-0.15, -0.1) is 0 Å². The Morgan fingerprint density at radius 1 is 0.698 bits per heavy atom. The second-order valence-electron chi connectivity index (χ2n) is 11.1. The number of hydrazine groups is 1. The summed E-state index contributed by atoms with van der Waals surface area (Å²) in [5.74, 6) is -4.62. The number of amides is 3. The van der Waals surface area contributed by atoms with E-state index in [-0.39, 0.29) is 23.1 Å². The average molecular weight is 572 g/mol. The van der Waals surface area contributed by atoms with Crippen LogP contribution in [-0.2, 0) is 9.59 Å². The largest absolute Gasteiger partial charge is 0.292 e. The highest BCUT2D eigenvalue weighted by molar-refractivity contribution is 6.11. The van der Waals surface area contributed by atoms with Gasteiger partial charge in [0, 0.05) is 35.1 Å². The summed E-state index contributed by atoms with van der Waals surface area (Å²) in [6.45, 7) is 1.49. The fourth-order valence-corrected chi connectivity index (χ4v) is 7.13. The van der Waals surface area contributed by atoms with Gasteiger partial charge >= 0.3 is 0 Å². The minimum absolute atomic E-state index is 0.00308. The summed E-state index contributed by atoms with van der Waals surface area (Å²) >= 11 is 0. The highest BCUT2D eigenvalue weighted by Gasteiger charge is 2.63. The van der Waals surface area contributed by atoms with Crippen LogP contribution in [0.2, 0.25) is 0 Å². The molecule has 0 spiro atoms. The van der Waals surface area contributed by atoms with Crippen LogP contribution in [0.15, 0.2) is 103 Å². The molecule has 3 aliphatic carbocycles. The molecule has 4 aliphatic rings. The van der Waals surface area contributed by atoms with E-state index in [1.807, 2.05) is 48.5 Å². The predicted molar refractivity (Wildman–Crippen MR) is 155 cm³/mol. The summed E-state index contributed by atoms with van der Waals surface area (Å²) in [7, 11) is 0. The summed E-state index contributed by atoms with van der Waals surface area (Å²) in [6, 6.07) is 27.6. The van der Waals surface area contributed by atoms with Gasteiger partial charge in [0.25, 0.3) is 23.4 Å². The number of benzene rings is 4. The van der Waals surface area contributed by atoms with Crippen molar-refractivity contribution in [2.75, 3.05) is 0 Å². The fourth-order valence-electron chi connectivity index (χ4n) is 7.13. The molecule has 3 atom stereocenters. The van der Waals surface area contributed by atoms with E-state index < -0.39 is 46.3 Å². The SMILES string of the molecule is C[C@H](C(=O)c1ccccc1)N(C(=O)c1ccc([N+](=O)[O-])cc1)N1C(=O)[C@@H]2C3c4ccccc4C(c4ccccc43)[C@@H]2C1=O. The first-order chi connectivity index (χ1) is 20.8. The molecule has 0 saturated carbocycles. The van der Waals surface area contributed by atoms with Crippen LogP contribution in [0.3, 0.4) is 0 Å². The van der Waals surface area contributed by atoms with Crippen molar-refractivity contribution in [2.24, 2.45) is 11.8 Å². The quantitative estimate of drug-likeness (QED) is 0.137. The Labute approximate surface area is 246 Å². The Morgan fingerprint density at radius 3 is 1.58 bits per heavy atom. The van der Waals surface area contributed by atoms with Gasteiger partial charge in [0.2, 0.25) is 0 Å². The summed E-state index contributed by atoms with van der Waals surface area (Å²) < 4.78 is 0. The molecule has 4 aromatic rings. The van der Waals surface area contributed by atoms with Crippen molar-refractivity contribution in [2.45, 2.75) is 24.8 Å². The molecule has 212 valence electrons. The van der Waals surface area contributed by atoms with Crippen molar-refractivity contribution in [3.8, 4) is 0 Å². The monoisotopic (exact) mass is 571 g/mol. The molecule has 0 unspecified atom stereocenters. The molecule has 1 saturated heterocycles. The van der Waals surface area contributed by atoms with Crippen molar-refractivity contribution >= 4 is 29.2 Å². The summed E-state index contributed by atoms with van der Waals surface area (Å²) in [5, 5.41) is 13.1. The van der Waals surface area contributed by atoms with Crippen molar-refractivity contribution < 1.29 is 24.1 Å². The van der Waals surface area contributed by atoms with E-state index in [1.165, 1.54) is 31.2 Å². The molecule has 3 amide bonds. The zero-order valence-corrected chi connectivity index (χ0v) is 23.0. The van der Waals surface area contributed by atoms with Crippen molar-refractivity contribution in [3.63, 3.8) is 0 Å². The van der Waals surface area contributed by atoms with Crippen LogP contribution in [0, 0.1) is 22.0 Å². The Morgan fingerprint density at radius 2 is 1.14 bits per heavy atom. The van der Waals surface area contributed by atoms with Crippen LogP contribution in [0.5, 0.6) is 0 Å². The molecule has 1 fully saturated rings. The molecule has 2 bridgehead atoms. The number of nitrogens with zero attached hydrogens (tertiary/aromatic N) is 3. The third-order valence-corrected chi connectivity index (χ3v) is 8.98. The van der Waals surface area contributed by atoms with Gasteiger partial charge in [-0.3, -0.25) is 29.3 Å². The predicted octanol–water partition coefficient (Wildman–Crippen LogP) is 5.12. The fraction of sp³-hybridized carbons (Fsp3) is 0.176. The lowest BCUT2D eigenvalue weighted by Gasteiger charge is -2.45. The normalized spacial score (nSPS) is 21.9. The lowest BCUT2D eigenvalue weighted by molar-refractivity contribution is -0.384. The van der Waals surface area contributed by atoms with Gasteiger partial charge in [-0.05, 0) is 41.3 Å². The molecular formula is C34H25N3O6. The highest BCUT2D eigenvalue weighted by atomic mass is 16.6. The van der Waals surface area contributed by atoms with Crippen LogP contribution in [0.25, 0.3) is 0 Å². The Kier molecular flexibility index (Phi) is 6.05. The van der Waals surface area contributed by atoms with E-state index in [0.717, 1.165) is 32.3 Å². The number of Topliss-reactive ketones (excluding diaryl/α,β-unsaturated/α-hetero) is 1. The molecule has 9 nitrogen and oxygen atoms in total. The molecule has 0 N–H and O–H groups in total. The lowest BCUT2D eigenvalue weighted by Crippen LogP contribution is -2.56. The molecule has 43 heavy (non-hydrogen) atoms. The van der Waals surface area contributed by atoms with Crippen molar-refractivity contribution in [1.82, 2.24) is 10.0 Å². The van der Waals surface area contributed by atoms with E-state index >= 15 is 0 Å². The smallest absolute Gasteiger partial charge is 0.273 e. The maximum atomic E-state index is 14.5. The Balaban J connectivity index is 1.35. The second kappa shape index (κ2) is 9.84. The minimum atomic E-state index is -1.24. The number of nitro benzene ring substituents is 1. The molecular weight excluding hydrogens is 546 g/mol. The zero-order chi connectivity index (χ0) is 30.0. The van der Waals surface area contributed by atoms with Crippen LogP contribution in [-0.4, -0.2) is 44.5 Å². The van der Waals surface area contributed by atoms with E-state index in [2.05, 4.69) is 0 Å². The molecule has 0 radical (unpaired) electrons. The van der Waals surface area contributed by atoms with Gasteiger partial charge in [0.1, 0.15) is 6.04 Å².